The van der Waals surface area contributed by atoms with Crippen molar-refractivity contribution in [3.63, 3.8) is 0 Å². The van der Waals surface area contributed by atoms with E-state index in [0.717, 1.165) is 0 Å². The van der Waals surface area contributed by atoms with E-state index in [1.807, 2.05) is 0 Å². The molecule has 1 N–H and O–H groups in total. The lowest BCUT2D eigenvalue weighted by Gasteiger charge is -2.08. The van der Waals surface area contributed by atoms with E-state index < -0.39 is 11.8 Å². The Morgan fingerprint density at radius 3 is 2.67 bits per heavy atom. The van der Waals surface area contributed by atoms with E-state index in [-0.39, 0.29) is 6.42 Å². The summed E-state index contributed by atoms with van der Waals surface area (Å²) >= 11 is 5.83. The van der Waals surface area contributed by atoms with Crippen molar-refractivity contribution in [3.05, 3.63) is 28.8 Å². The van der Waals surface area contributed by atoms with Crippen molar-refractivity contribution in [2.24, 2.45) is 0 Å². The summed E-state index contributed by atoms with van der Waals surface area (Å²) in [6, 6.07) is 4.86. The average molecular weight is 229 g/mol. The number of rotatable bonds is 4. The van der Waals surface area contributed by atoms with Gasteiger partial charge in [-0.2, -0.15) is 0 Å². The number of ketones is 1. The molecule has 1 aromatic rings. The minimum Gasteiger partial charge on any atom is -0.496 e. The van der Waals surface area contributed by atoms with Crippen LogP contribution in [0.25, 0.3) is 0 Å². The van der Waals surface area contributed by atoms with Gasteiger partial charge in [-0.05, 0) is 12.1 Å². The maximum Gasteiger partial charge on any atom is 0.372 e. The van der Waals surface area contributed by atoms with Crippen LogP contribution >= 0.6 is 11.6 Å². The largest absolute Gasteiger partial charge is 0.496 e. The first-order valence-corrected chi connectivity index (χ1v) is 4.51. The van der Waals surface area contributed by atoms with Crippen LogP contribution in [0.2, 0.25) is 5.02 Å². The van der Waals surface area contributed by atoms with Crippen molar-refractivity contribution in [1.29, 1.82) is 0 Å². The van der Waals surface area contributed by atoms with Crippen molar-refractivity contribution in [2.75, 3.05) is 7.11 Å². The predicted octanol–water partition coefficient (Wildman–Crippen LogP) is 1.54. The van der Waals surface area contributed by atoms with E-state index in [2.05, 4.69) is 0 Å². The molecule has 0 spiro atoms. The molecule has 0 atom stereocenters. The van der Waals surface area contributed by atoms with Gasteiger partial charge in [-0.15, -0.1) is 0 Å². The molecule has 0 unspecified atom stereocenters. The van der Waals surface area contributed by atoms with Gasteiger partial charge in [0.25, 0.3) is 0 Å². The Labute approximate surface area is 91.4 Å². The van der Waals surface area contributed by atoms with Crippen molar-refractivity contribution in [2.45, 2.75) is 6.42 Å². The first kappa shape index (κ1) is 11.5. The van der Waals surface area contributed by atoms with Crippen LogP contribution in [0, 0.1) is 0 Å². The number of ether oxygens (including phenoxy) is 1. The Morgan fingerprint density at radius 1 is 1.47 bits per heavy atom. The van der Waals surface area contributed by atoms with Gasteiger partial charge in [0.05, 0.1) is 7.11 Å². The highest BCUT2D eigenvalue weighted by Gasteiger charge is 2.17. The number of carbonyl (C=O) groups excluding carboxylic acids is 1. The summed E-state index contributed by atoms with van der Waals surface area (Å²) in [5.41, 5.74) is 0.397. The molecule has 0 aromatic heterocycles. The van der Waals surface area contributed by atoms with E-state index in [1.165, 1.54) is 7.11 Å². The molecule has 0 aliphatic carbocycles. The summed E-state index contributed by atoms with van der Waals surface area (Å²) in [5, 5.41) is 8.79. The van der Waals surface area contributed by atoms with Crippen LogP contribution in [0.5, 0.6) is 5.75 Å². The van der Waals surface area contributed by atoms with Crippen LogP contribution in [0.4, 0.5) is 0 Å². The number of Topliss-reactive ketones (excluding diaryl/α,β-unsaturated/α-hetero) is 1. The Kier molecular flexibility index (Phi) is 3.68. The monoisotopic (exact) mass is 228 g/mol. The quantitative estimate of drug-likeness (QED) is 0.794. The Bertz CT molecular complexity index is 400. The van der Waals surface area contributed by atoms with Crippen molar-refractivity contribution < 1.29 is 19.4 Å². The van der Waals surface area contributed by atoms with Crippen LogP contribution in [-0.4, -0.2) is 24.0 Å². The molecule has 15 heavy (non-hydrogen) atoms. The molecular weight excluding hydrogens is 220 g/mol. The second kappa shape index (κ2) is 4.79. The van der Waals surface area contributed by atoms with Crippen molar-refractivity contribution >= 4 is 23.4 Å². The molecule has 0 saturated carbocycles. The van der Waals surface area contributed by atoms with E-state index in [9.17, 15) is 9.59 Å². The molecule has 0 amide bonds. The first-order chi connectivity index (χ1) is 7.06. The normalized spacial score (nSPS) is 9.73. The summed E-state index contributed by atoms with van der Waals surface area (Å²) in [4.78, 5) is 21.4. The van der Waals surface area contributed by atoms with Crippen LogP contribution in [0.15, 0.2) is 18.2 Å². The smallest absolute Gasteiger partial charge is 0.372 e. The highest BCUT2D eigenvalue weighted by atomic mass is 35.5. The van der Waals surface area contributed by atoms with Gasteiger partial charge < -0.3 is 9.84 Å². The second-order valence-corrected chi connectivity index (χ2v) is 3.23. The van der Waals surface area contributed by atoms with Gasteiger partial charge in [-0.3, -0.25) is 4.79 Å². The number of carboxylic acids is 1. The maximum absolute atomic E-state index is 11.0. The van der Waals surface area contributed by atoms with Gasteiger partial charge in [0.1, 0.15) is 5.75 Å². The third-order valence-electron chi connectivity index (χ3n) is 1.87. The summed E-state index contributed by atoms with van der Waals surface area (Å²) in [6.45, 7) is 0. The fourth-order valence-corrected chi connectivity index (χ4v) is 1.37. The van der Waals surface area contributed by atoms with Crippen LogP contribution in [0.1, 0.15) is 5.56 Å². The molecule has 0 radical (unpaired) electrons. The maximum atomic E-state index is 11.0. The summed E-state index contributed by atoms with van der Waals surface area (Å²) < 4.78 is 4.98. The first-order valence-electron chi connectivity index (χ1n) is 4.13. The molecule has 0 saturated heterocycles. The van der Waals surface area contributed by atoms with E-state index in [1.54, 1.807) is 18.2 Å². The van der Waals surface area contributed by atoms with Gasteiger partial charge >= 0.3 is 5.97 Å². The average Bonchev–Trinajstić information content (AvgIpc) is 2.20. The molecule has 1 rings (SSSR count). The van der Waals surface area contributed by atoms with Gasteiger partial charge in [0, 0.05) is 17.0 Å². The molecule has 0 heterocycles. The zero-order chi connectivity index (χ0) is 11.4. The summed E-state index contributed by atoms with van der Waals surface area (Å²) in [6.07, 6.45) is -0.266. The zero-order valence-electron chi connectivity index (χ0n) is 7.99. The highest BCUT2D eigenvalue weighted by Crippen LogP contribution is 2.26. The van der Waals surface area contributed by atoms with Crippen LogP contribution < -0.4 is 4.74 Å². The molecule has 1 aromatic carbocycles. The predicted molar refractivity (Wildman–Crippen MR) is 54.4 cm³/mol. The highest BCUT2D eigenvalue weighted by molar-refractivity contribution is 6.35. The van der Waals surface area contributed by atoms with Gasteiger partial charge in [0.15, 0.2) is 0 Å². The lowest BCUT2D eigenvalue weighted by atomic mass is 10.1. The lowest BCUT2D eigenvalue weighted by molar-refractivity contribution is -0.148. The van der Waals surface area contributed by atoms with Gasteiger partial charge in [-0.25, -0.2) is 4.79 Å². The Morgan fingerprint density at radius 2 is 2.13 bits per heavy atom. The van der Waals surface area contributed by atoms with E-state index >= 15 is 0 Å². The fraction of sp³-hybridized carbons (Fsp3) is 0.200. The number of aliphatic carboxylic acids is 1. The summed E-state index contributed by atoms with van der Waals surface area (Å²) in [7, 11) is 1.43. The number of methoxy groups -OCH3 is 1. The molecule has 4 nitrogen and oxygen atoms in total. The second-order valence-electron chi connectivity index (χ2n) is 2.83. The SMILES string of the molecule is COc1cccc(Cl)c1CC(=O)C(=O)O. The number of hydrogen-bond donors (Lipinski definition) is 1. The van der Waals surface area contributed by atoms with E-state index in [4.69, 9.17) is 21.4 Å². The minimum absolute atomic E-state index is 0.266. The number of carbonyl (C=O) groups is 2. The van der Waals surface area contributed by atoms with Gasteiger partial charge in [0.2, 0.25) is 5.78 Å². The number of carboxylic acid groups (broad SMARTS) is 1. The molecular formula is C10H9ClO4. The molecule has 80 valence electrons. The molecule has 0 aliphatic heterocycles. The fourth-order valence-electron chi connectivity index (χ4n) is 1.14. The Hall–Kier alpha value is -1.55. The molecule has 0 fully saturated rings. The number of halogens is 1. The summed E-state index contributed by atoms with van der Waals surface area (Å²) in [5.74, 6) is -1.98. The third-order valence-corrected chi connectivity index (χ3v) is 2.23. The standard InChI is InChI=1S/C10H9ClO4/c1-15-9-4-2-3-7(11)6(9)5-8(12)10(13)14/h2-4H,5H2,1H3,(H,13,14). The number of hydrogen-bond acceptors (Lipinski definition) is 3. The minimum atomic E-state index is -1.48. The van der Waals surface area contributed by atoms with Crippen LogP contribution in [-0.2, 0) is 16.0 Å². The Balaban J connectivity index is 3.02. The number of benzene rings is 1. The topological polar surface area (TPSA) is 63.6 Å². The molecule has 5 heteroatoms. The molecule has 0 aliphatic rings. The zero-order valence-corrected chi connectivity index (χ0v) is 8.75. The lowest BCUT2D eigenvalue weighted by Crippen LogP contribution is -2.15. The van der Waals surface area contributed by atoms with Crippen molar-refractivity contribution in [3.8, 4) is 5.75 Å². The molecule has 0 bridgehead atoms. The van der Waals surface area contributed by atoms with Crippen molar-refractivity contribution in [1.82, 2.24) is 0 Å². The van der Waals surface area contributed by atoms with E-state index in [0.29, 0.717) is 16.3 Å². The van der Waals surface area contributed by atoms with Gasteiger partial charge in [-0.1, -0.05) is 17.7 Å². The third kappa shape index (κ3) is 2.70. The van der Waals surface area contributed by atoms with Crippen LogP contribution in [0.3, 0.4) is 0 Å².